The summed E-state index contributed by atoms with van der Waals surface area (Å²) in [4.78, 5) is 20.1. The maximum atomic E-state index is 15.1. The van der Waals surface area contributed by atoms with Crippen LogP contribution in [0.25, 0.3) is 11.3 Å². The summed E-state index contributed by atoms with van der Waals surface area (Å²) in [6.07, 6.45) is 4.12. The van der Waals surface area contributed by atoms with Crippen LogP contribution in [0, 0.1) is 51.5 Å². The molecule has 34 heavy (non-hydrogen) atoms. The maximum absolute atomic E-state index is 15.1. The Kier molecular flexibility index (Phi) is 4.57. The normalized spacial score (nSPS) is 27.1. The standard InChI is InChI=1S/C27H22F2N4O/c28-18-5-6-19(21(29)9-18)24(25(31)27-11-15-7-17(12-27)20(27)8-15)26-32-22(10-23(34)33-26)16-3-1-14(13-30)2-4-16/h1-6,9-10,15,17,20,24,31H,7-8,11-12H2,(H,32,33,34). The lowest BCUT2D eigenvalue weighted by molar-refractivity contribution is 0.0257. The van der Waals surface area contributed by atoms with E-state index in [1.165, 1.54) is 24.6 Å². The molecule has 170 valence electrons. The van der Waals surface area contributed by atoms with Gasteiger partial charge in [0.25, 0.3) is 5.56 Å². The van der Waals surface area contributed by atoms with Crippen molar-refractivity contribution in [3.63, 3.8) is 0 Å². The monoisotopic (exact) mass is 456 g/mol. The molecule has 3 saturated carbocycles. The summed E-state index contributed by atoms with van der Waals surface area (Å²) < 4.78 is 28.8. The minimum Gasteiger partial charge on any atom is -0.310 e. The van der Waals surface area contributed by atoms with Crippen molar-refractivity contribution >= 4 is 5.71 Å². The summed E-state index contributed by atoms with van der Waals surface area (Å²) in [7, 11) is 0. The van der Waals surface area contributed by atoms with Gasteiger partial charge in [0, 0.05) is 34.4 Å². The van der Waals surface area contributed by atoms with Crippen molar-refractivity contribution in [2.45, 2.75) is 31.6 Å². The van der Waals surface area contributed by atoms with Crippen LogP contribution < -0.4 is 5.56 Å². The zero-order valence-corrected chi connectivity index (χ0v) is 18.3. The van der Waals surface area contributed by atoms with Crippen molar-refractivity contribution in [2.75, 3.05) is 0 Å². The lowest BCUT2D eigenvalue weighted by Gasteiger charge is -2.55. The van der Waals surface area contributed by atoms with E-state index in [2.05, 4.69) is 16.0 Å². The van der Waals surface area contributed by atoms with Crippen molar-refractivity contribution in [3.05, 3.63) is 87.5 Å². The molecule has 1 aromatic heterocycles. The number of H-pyrrole nitrogens is 1. The Morgan fingerprint density at radius 3 is 2.59 bits per heavy atom. The van der Waals surface area contributed by atoms with Crippen LogP contribution in [0.3, 0.4) is 0 Å². The van der Waals surface area contributed by atoms with E-state index < -0.39 is 23.1 Å². The number of nitrogens with zero attached hydrogens (tertiary/aromatic N) is 2. The van der Waals surface area contributed by atoms with Gasteiger partial charge < -0.3 is 10.4 Å². The number of benzene rings is 2. The largest absolute Gasteiger partial charge is 0.310 e. The molecular weight excluding hydrogens is 434 g/mol. The molecule has 2 aromatic carbocycles. The van der Waals surface area contributed by atoms with E-state index in [4.69, 9.17) is 5.26 Å². The Hall–Kier alpha value is -3.66. The zero-order valence-electron chi connectivity index (χ0n) is 18.3. The Balaban J connectivity index is 1.48. The highest BCUT2D eigenvalue weighted by atomic mass is 19.1. The molecule has 3 aliphatic carbocycles. The number of hydrogen-bond acceptors (Lipinski definition) is 4. The molecule has 3 aliphatic rings. The Labute approximate surface area is 195 Å². The van der Waals surface area contributed by atoms with E-state index in [0.29, 0.717) is 40.3 Å². The first-order chi connectivity index (χ1) is 16.4. The van der Waals surface area contributed by atoms with Crippen molar-refractivity contribution < 1.29 is 8.78 Å². The van der Waals surface area contributed by atoms with Gasteiger partial charge in [-0.1, -0.05) is 18.2 Å². The highest BCUT2D eigenvalue weighted by Gasteiger charge is 2.66. The van der Waals surface area contributed by atoms with Gasteiger partial charge in [-0.25, -0.2) is 13.8 Å². The van der Waals surface area contributed by atoms with Gasteiger partial charge in [0.2, 0.25) is 0 Å². The second-order valence-electron chi connectivity index (χ2n) is 9.99. The predicted molar refractivity (Wildman–Crippen MR) is 122 cm³/mol. The summed E-state index contributed by atoms with van der Waals surface area (Å²) in [6.45, 7) is 0. The third-order valence-electron chi connectivity index (χ3n) is 8.22. The van der Waals surface area contributed by atoms with E-state index in [1.54, 1.807) is 24.3 Å². The molecule has 0 aliphatic heterocycles. The SMILES string of the molecule is N#Cc1ccc(-c2cc(=O)[nH]c(C(C(=N)C34CC5CC(C3)C4C5)c3ccc(F)cc3F)n2)cc1. The highest BCUT2D eigenvalue weighted by molar-refractivity contribution is 5.97. The third-order valence-corrected chi connectivity index (χ3v) is 8.22. The summed E-state index contributed by atoms with van der Waals surface area (Å²) in [6, 6.07) is 13.5. The van der Waals surface area contributed by atoms with Crippen LogP contribution in [-0.2, 0) is 0 Å². The van der Waals surface area contributed by atoms with Gasteiger partial charge >= 0.3 is 0 Å². The Bertz CT molecular complexity index is 1420. The van der Waals surface area contributed by atoms with E-state index in [-0.39, 0.29) is 16.8 Å². The fourth-order valence-corrected chi connectivity index (χ4v) is 6.88. The van der Waals surface area contributed by atoms with Crippen LogP contribution in [0.15, 0.2) is 53.3 Å². The summed E-state index contributed by atoms with van der Waals surface area (Å²) >= 11 is 0. The maximum Gasteiger partial charge on any atom is 0.251 e. The van der Waals surface area contributed by atoms with Gasteiger partial charge in [-0.3, -0.25) is 4.79 Å². The summed E-state index contributed by atoms with van der Waals surface area (Å²) in [5.41, 5.74) is 1.29. The van der Waals surface area contributed by atoms with Crippen LogP contribution in [0.2, 0.25) is 0 Å². The minimum absolute atomic E-state index is 0.145. The smallest absolute Gasteiger partial charge is 0.251 e. The molecule has 1 heterocycles. The molecule has 0 amide bonds. The van der Waals surface area contributed by atoms with Gasteiger partial charge in [-0.15, -0.1) is 0 Å². The number of hydrogen-bond donors (Lipinski definition) is 2. The average molecular weight is 456 g/mol. The number of rotatable bonds is 5. The molecule has 2 bridgehead atoms. The number of nitriles is 1. The Morgan fingerprint density at radius 1 is 1.15 bits per heavy atom. The van der Waals surface area contributed by atoms with Crippen molar-refractivity contribution in [2.24, 2.45) is 23.2 Å². The fraction of sp³-hybridized carbons (Fsp3) is 0.333. The third kappa shape index (κ3) is 3.05. The number of fused-ring (bicyclic) bond motifs is 1. The zero-order chi connectivity index (χ0) is 23.6. The summed E-state index contributed by atoms with van der Waals surface area (Å²) in [5.74, 6) is -0.535. The Morgan fingerprint density at radius 2 is 1.94 bits per heavy atom. The average Bonchev–Trinajstić information content (AvgIpc) is 3.31. The number of aromatic amines is 1. The van der Waals surface area contributed by atoms with Gasteiger partial charge in [-0.2, -0.15) is 5.26 Å². The van der Waals surface area contributed by atoms with Crippen LogP contribution >= 0.6 is 0 Å². The van der Waals surface area contributed by atoms with Crippen LogP contribution in [0.5, 0.6) is 0 Å². The van der Waals surface area contributed by atoms with E-state index in [0.717, 1.165) is 25.3 Å². The molecule has 0 saturated heterocycles. The van der Waals surface area contributed by atoms with Crippen LogP contribution in [-0.4, -0.2) is 15.7 Å². The van der Waals surface area contributed by atoms with Crippen molar-refractivity contribution in [1.82, 2.24) is 9.97 Å². The molecule has 5 nitrogen and oxygen atoms in total. The quantitative estimate of drug-likeness (QED) is 0.519. The molecule has 0 spiro atoms. The molecule has 5 unspecified atom stereocenters. The number of halogens is 2. The van der Waals surface area contributed by atoms with Crippen molar-refractivity contribution in [1.29, 1.82) is 10.7 Å². The first kappa shape index (κ1) is 20.9. The second-order valence-corrected chi connectivity index (χ2v) is 9.99. The molecule has 5 atom stereocenters. The fourth-order valence-electron chi connectivity index (χ4n) is 6.88. The van der Waals surface area contributed by atoms with E-state index >= 15 is 4.39 Å². The summed E-state index contributed by atoms with van der Waals surface area (Å²) in [5, 5.41) is 18.4. The second kappa shape index (κ2) is 7.42. The number of aromatic nitrogens is 2. The first-order valence-corrected chi connectivity index (χ1v) is 11.5. The predicted octanol–water partition coefficient (Wildman–Crippen LogP) is 5.17. The molecule has 6 rings (SSSR count). The minimum atomic E-state index is -0.910. The molecule has 2 N–H and O–H groups in total. The first-order valence-electron chi connectivity index (χ1n) is 11.5. The van der Waals surface area contributed by atoms with Gasteiger partial charge in [0.05, 0.1) is 23.2 Å². The van der Waals surface area contributed by atoms with Gasteiger partial charge in [0.15, 0.2) is 0 Å². The van der Waals surface area contributed by atoms with E-state index in [9.17, 15) is 14.6 Å². The molecule has 0 radical (unpaired) electrons. The number of nitrogens with one attached hydrogen (secondary N) is 2. The highest BCUT2D eigenvalue weighted by Crippen LogP contribution is 2.72. The van der Waals surface area contributed by atoms with Gasteiger partial charge in [0.1, 0.15) is 17.5 Å². The topological polar surface area (TPSA) is 93.4 Å². The molecular formula is C27H22F2N4O. The van der Waals surface area contributed by atoms with Gasteiger partial charge in [-0.05, 0) is 61.6 Å². The molecule has 3 aromatic rings. The van der Waals surface area contributed by atoms with Crippen LogP contribution in [0.1, 0.15) is 48.6 Å². The molecule has 7 heteroatoms. The molecule has 3 fully saturated rings. The lowest BCUT2D eigenvalue weighted by Crippen LogP contribution is -2.53. The van der Waals surface area contributed by atoms with E-state index in [1.807, 2.05) is 0 Å². The van der Waals surface area contributed by atoms with Crippen molar-refractivity contribution in [3.8, 4) is 17.3 Å². The lowest BCUT2D eigenvalue weighted by atomic mass is 9.49. The van der Waals surface area contributed by atoms with Crippen LogP contribution in [0.4, 0.5) is 8.78 Å².